The molecule has 3 aromatic rings. The first-order valence-electron chi connectivity index (χ1n) is 10.3. The Hall–Kier alpha value is -2.23. The normalized spacial score (nSPS) is 19.5. The van der Waals surface area contributed by atoms with E-state index in [4.69, 9.17) is 4.74 Å². The first-order valence-corrected chi connectivity index (χ1v) is 11.4. The molecule has 0 amide bonds. The van der Waals surface area contributed by atoms with Crippen LogP contribution < -0.4 is 0 Å². The van der Waals surface area contributed by atoms with Crippen molar-refractivity contribution in [2.24, 2.45) is 0 Å². The van der Waals surface area contributed by atoms with Crippen molar-refractivity contribution in [1.29, 1.82) is 0 Å². The molecule has 7 nitrogen and oxygen atoms in total. The maximum absolute atomic E-state index is 13.3. The molecule has 156 valence electrons. The zero-order chi connectivity index (χ0) is 20.5. The number of H-pyrrole nitrogens is 1. The van der Waals surface area contributed by atoms with Crippen LogP contribution in [0.25, 0.3) is 22.8 Å². The number of nitrogens with zero attached hydrogens (tertiary/aromatic N) is 4. The van der Waals surface area contributed by atoms with E-state index in [1.165, 1.54) is 0 Å². The summed E-state index contributed by atoms with van der Waals surface area (Å²) in [5.74, 6) is 1.41. The SMILES string of the molecule is Cc1ccc(-c2nnc(-c3ccccc3)[nH]2)cc1[S+]([O-])N1CCN(C2COC2)CC1. The predicted octanol–water partition coefficient (Wildman–Crippen LogP) is 2.49. The van der Waals surface area contributed by atoms with E-state index in [1.807, 2.05) is 55.5 Å². The molecule has 1 unspecified atom stereocenters. The van der Waals surface area contributed by atoms with Gasteiger partial charge in [-0.25, -0.2) is 0 Å². The lowest BCUT2D eigenvalue weighted by Crippen LogP contribution is -2.57. The number of hydrogen-bond acceptors (Lipinski definition) is 6. The lowest BCUT2D eigenvalue weighted by atomic mass is 10.1. The number of piperazine rings is 1. The highest BCUT2D eigenvalue weighted by Crippen LogP contribution is 2.27. The second-order valence-electron chi connectivity index (χ2n) is 7.77. The summed E-state index contributed by atoms with van der Waals surface area (Å²) >= 11 is -1.19. The molecule has 0 radical (unpaired) electrons. The molecule has 1 aromatic heterocycles. The van der Waals surface area contributed by atoms with Crippen LogP contribution in [0.4, 0.5) is 0 Å². The van der Waals surface area contributed by atoms with Crippen molar-refractivity contribution >= 4 is 11.4 Å². The lowest BCUT2D eigenvalue weighted by molar-refractivity contribution is -0.0721. The molecule has 5 rings (SSSR count). The summed E-state index contributed by atoms with van der Waals surface area (Å²) < 4.78 is 20.7. The van der Waals surface area contributed by atoms with Gasteiger partial charge in [-0.3, -0.25) is 4.90 Å². The van der Waals surface area contributed by atoms with Crippen molar-refractivity contribution in [3.63, 3.8) is 0 Å². The quantitative estimate of drug-likeness (QED) is 0.635. The van der Waals surface area contributed by atoms with E-state index >= 15 is 0 Å². The number of nitrogens with one attached hydrogen (secondary N) is 1. The standard InChI is InChI=1S/C22H25N5O2S/c1-16-7-8-18(22-23-21(24-25-22)17-5-3-2-4-6-17)13-20(16)30(28)27-11-9-26(10-12-27)19-14-29-15-19/h2-8,13,19H,9-12,14-15H2,1H3,(H,23,24,25). The van der Waals surface area contributed by atoms with Gasteiger partial charge in [-0.15, -0.1) is 14.5 Å². The van der Waals surface area contributed by atoms with Crippen molar-refractivity contribution in [3.8, 4) is 22.8 Å². The number of ether oxygens (including phenoxy) is 1. The predicted molar refractivity (Wildman–Crippen MR) is 116 cm³/mol. The molecule has 0 bridgehead atoms. The van der Waals surface area contributed by atoms with Crippen LogP contribution in [0, 0.1) is 6.92 Å². The smallest absolute Gasteiger partial charge is 0.177 e. The number of aryl methyl sites for hydroxylation is 1. The van der Waals surface area contributed by atoms with E-state index in [0.29, 0.717) is 11.9 Å². The van der Waals surface area contributed by atoms with Gasteiger partial charge in [-0.1, -0.05) is 42.5 Å². The molecular weight excluding hydrogens is 398 g/mol. The van der Waals surface area contributed by atoms with Crippen molar-refractivity contribution in [2.45, 2.75) is 17.9 Å². The average Bonchev–Trinajstić information content (AvgIpc) is 3.24. The Morgan fingerprint density at radius 2 is 1.67 bits per heavy atom. The third-order valence-corrected chi connectivity index (χ3v) is 7.48. The van der Waals surface area contributed by atoms with Gasteiger partial charge >= 0.3 is 0 Å². The van der Waals surface area contributed by atoms with Crippen LogP contribution in [0.2, 0.25) is 0 Å². The third-order valence-electron chi connectivity index (χ3n) is 5.83. The van der Waals surface area contributed by atoms with E-state index < -0.39 is 11.4 Å². The van der Waals surface area contributed by atoms with Gasteiger partial charge in [0.1, 0.15) is 0 Å². The number of aromatic nitrogens is 3. The summed E-state index contributed by atoms with van der Waals surface area (Å²) in [4.78, 5) is 6.57. The fourth-order valence-corrected chi connectivity index (χ4v) is 5.21. The molecule has 2 aliphatic rings. The van der Waals surface area contributed by atoms with Crippen molar-refractivity contribution in [3.05, 3.63) is 54.1 Å². The summed E-state index contributed by atoms with van der Waals surface area (Å²) in [6.45, 7) is 7.12. The molecule has 8 heteroatoms. The van der Waals surface area contributed by atoms with Crippen molar-refractivity contribution < 1.29 is 9.29 Å². The Morgan fingerprint density at radius 1 is 0.967 bits per heavy atom. The van der Waals surface area contributed by atoms with Gasteiger partial charge in [0.15, 0.2) is 16.5 Å². The Labute approximate surface area is 179 Å². The first-order chi connectivity index (χ1) is 14.7. The fraction of sp³-hybridized carbons (Fsp3) is 0.364. The van der Waals surface area contributed by atoms with Crippen LogP contribution in [0.3, 0.4) is 0 Å². The number of hydrogen-bond donors (Lipinski definition) is 1. The van der Waals surface area contributed by atoms with Crippen LogP contribution in [0.15, 0.2) is 53.4 Å². The van der Waals surface area contributed by atoms with Crippen LogP contribution in [-0.4, -0.2) is 74.4 Å². The van der Waals surface area contributed by atoms with Gasteiger partial charge in [-0.05, 0) is 6.92 Å². The zero-order valence-electron chi connectivity index (χ0n) is 17.0. The summed E-state index contributed by atoms with van der Waals surface area (Å²) in [6.07, 6.45) is 0. The highest BCUT2D eigenvalue weighted by atomic mass is 32.2. The van der Waals surface area contributed by atoms with E-state index in [-0.39, 0.29) is 0 Å². The molecule has 1 atom stereocenters. The molecular formula is C22H25N5O2S. The van der Waals surface area contributed by atoms with E-state index in [9.17, 15) is 4.55 Å². The maximum Gasteiger partial charge on any atom is 0.177 e. The summed E-state index contributed by atoms with van der Waals surface area (Å²) in [6, 6.07) is 16.4. The topological polar surface area (TPSA) is 80.3 Å². The Bertz CT molecular complexity index is 1000. The van der Waals surface area contributed by atoms with Crippen LogP contribution in [-0.2, 0) is 16.1 Å². The Balaban J connectivity index is 1.33. The molecule has 2 aromatic carbocycles. The minimum Gasteiger partial charge on any atom is -0.593 e. The maximum atomic E-state index is 13.3. The van der Waals surface area contributed by atoms with Crippen molar-refractivity contribution in [2.75, 3.05) is 39.4 Å². The number of rotatable bonds is 5. The molecule has 2 aliphatic heterocycles. The molecule has 0 aliphatic carbocycles. The second kappa shape index (κ2) is 8.49. The minimum atomic E-state index is -1.19. The first kappa shape index (κ1) is 19.7. The lowest BCUT2D eigenvalue weighted by Gasteiger charge is -2.41. The summed E-state index contributed by atoms with van der Waals surface area (Å²) in [7, 11) is 0. The van der Waals surface area contributed by atoms with Gasteiger partial charge in [0.05, 0.1) is 43.7 Å². The van der Waals surface area contributed by atoms with Crippen LogP contribution in [0.5, 0.6) is 0 Å². The molecule has 2 fully saturated rings. The Morgan fingerprint density at radius 3 is 2.33 bits per heavy atom. The molecule has 2 saturated heterocycles. The van der Waals surface area contributed by atoms with Crippen molar-refractivity contribution in [1.82, 2.24) is 24.4 Å². The van der Waals surface area contributed by atoms with Gasteiger partial charge in [-0.2, -0.15) is 0 Å². The molecule has 30 heavy (non-hydrogen) atoms. The molecule has 3 heterocycles. The highest BCUT2D eigenvalue weighted by molar-refractivity contribution is 7.89. The van der Waals surface area contributed by atoms with Gasteiger partial charge in [0.25, 0.3) is 0 Å². The minimum absolute atomic E-state index is 0.538. The Kier molecular flexibility index (Phi) is 5.58. The molecule has 1 N–H and O–H groups in total. The molecule has 0 saturated carbocycles. The number of benzene rings is 2. The van der Waals surface area contributed by atoms with E-state index in [1.54, 1.807) is 0 Å². The van der Waals surface area contributed by atoms with Gasteiger partial charge < -0.3 is 14.3 Å². The monoisotopic (exact) mass is 423 g/mol. The van der Waals surface area contributed by atoms with Gasteiger partial charge in [0, 0.05) is 35.8 Å². The largest absolute Gasteiger partial charge is 0.593 e. The fourth-order valence-electron chi connectivity index (χ4n) is 3.86. The van der Waals surface area contributed by atoms with Crippen LogP contribution in [0.1, 0.15) is 5.56 Å². The number of aromatic amines is 1. The van der Waals surface area contributed by atoms with E-state index in [2.05, 4.69) is 24.4 Å². The van der Waals surface area contributed by atoms with Crippen LogP contribution >= 0.6 is 0 Å². The average molecular weight is 424 g/mol. The zero-order valence-corrected chi connectivity index (χ0v) is 17.8. The van der Waals surface area contributed by atoms with Gasteiger partial charge in [0.2, 0.25) is 0 Å². The van der Waals surface area contributed by atoms with E-state index in [0.717, 1.165) is 66.8 Å². The molecule has 0 spiro atoms. The third kappa shape index (κ3) is 3.89. The summed E-state index contributed by atoms with van der Waals surface area (Å²) in [5, 5.41) is 8.59. The highest BCUT2D eigenvalue weighted by Gasteiger charge is 2.33. The second-order valence-corrected chi connectivity index (χ2v) is 9.23. The summed E-state index contributed by atoms with van der Waals surface area (Å²) in [5.41, 5.74) is 2.90.